The zero-order valence-electron chi connectivity index (χ0n) is 26.3. The van der Waals surface area contributed by atoms with Gasteiger partial charge in [0.2, 0.25) is 0 Å². The Balaban J connectivity index is 1.81. The maximum Gasteiger partial charge on any atom is 0.338 e. The smallest absolute Gasteiger partial charge is 0.338 e. The molecule has 1 heterocycles. The van der Waals surface area contributed by atoms with Crippen LogP contribution in [-0.4, -0.2) is 98.6 Å². The first-order valence-electron chi connectivity index (χ1n) is 15.2. The number of carbonyl (C=O) groups excluding carboxylic acids is 4. The predicted octanol–water partition coefficient (Wildman–Crippen LogP) is 1.40. The third kappa shape index (κ3) is 4.93. The summed E-state index contributed by atoms with van der Waals surface area (Å²) in [6, 6.07) is 7.99. The van der Waals surface area contributed by atoms with Gasteiger partial charge in [-0.25, -0.2) is 4.79 Å². The molecule has 1 aromatic rings. The van der Waals surface area contributed by atoms with E-state index in [0.717, 1.165) is 0 Å². The van der Waals surface area contributed by atoms with Crippen LogP contribution in [0.1, 0.15) is 71.2 Å². The van der Waals surface area contributed by atoms with Crippen LogP contribution < -0.4 is 0 Å². The molecule has 45 heavy (non-hydrogen) atoms. The number of hydrogen-bond acceptors (Lipinski definition) is 12. The van der Waals surface area contributed by atoms with E-state index in [2.05, 4.69) is 0 Å². The van der Waals surface area contributed by atoms with Gasteiger partial charge >= 0.3 is 17.9 Å². The first kappa shape index (κ1) is 33.2. The van der Waals surface area contributed by atoms with Crippen LogP contribution in [0.5, 0.6) is 0 Å². The molecule has 12 nitrogen and oxygen atoms in total. The van der Waals surface area contributed by atoms with Crippen molar-refractivity contribution in [2.45, 2.75) is 109 Å². The predicted molar refractivity (Wildman–Crippen MR) is 155 cm³/mol. The normalized spacial score (nSPS) is 39.2. The Morgan fingerprint density at radius 2 is 1.73 bits per heavy atom. The number of ether oxygens (including phenoxy) is 4. The van der Waals surface area contributed by atoms with E-state index in [1.807, 2.05) is 0 Å². The van der Waals surface area contributed by atoms with Gasteiger partial charge in [-0.3, -0.25) is 14.4 Å². The standard InChI is InChI=1S/C33H42O12/c1-16(34)12-23(38)43-25-24-17(2)20(36)14-33(41,30(24,4)5)28(44-29(40)19-10-8-7-9-11-19)26-31(6,27(25)39)21(37)13-22-32(26,15-42-22)45-18(3)35/h7-11,16,20-22,25-26,28,34,36-37,41H,12-15H2,1-6H3/t16-,20+,21+,22-,25-,26+,28+,31-,32+,33-/m1/s1. The van der Waals surface area contributed by atoms with E-state index in [1.165, 1.54) is 32.9 Å². The molecule has 3 fully saturated rings. The Bertz CT molecular complexity index is 1420. The molecule has 4 N–H and O–H groups in total. The summed E-state index contributed by atoms with van der Waals surface area (Å²) in [5.74, 6) is -4.71. The Hall–Kier alpha value is -3.16. The van der Waals surface area contributed by atoms with E-state index in [4.69, 9.17) is 18.9 Å². The van der Waals surface area contributed by atoms with Crippen molar-refractivity contribution in [1.82, 2.24) is 0 Å². The first-order chi connectivity index (χ1) is 20.9. The summed E-state index contributed by atoms with van der Waals surface area (Å²) in [4.78, 5) is 54.5. The zero-order valence-corrected chi connectivity index (χ0v) is 26.3. The molecule has 0 radical (unpaired) electrons. The Morgan fingerprint density at radius 1 is 1.09 bits per heavy atom. The first-order valence-corrected chi connectivity index (χ1v) is 15.2. The number of Topliss-reactive ketones (excluding diaryl/α,β-unsaturated/α-hetero) is 1. The summed E-state index contributed by atoms with van der Waals surface area (Å²) < 4.78 is 23.7. The average molecular weight is 631 g/mol. The van der Waals surface area contributed by atoms with Crippen LogP contribution in [0, 0.1) is 16.7 Å². The summed E-state index contributed by atoms with van der Waals surface area (Å²) in [7, 11) is 0. The fraction of sp³-hybridized carbons (Fsp3) is 0.636. The highest BCUT2D eigenvalue weighted by molar-refractivity contribution is 5.95. The summed E-state index contributed by atoms with van der Waals surface area (Å²) >= 11 is 0. The van der Waals surface area contributed by atoms with Gasteiger partial charge in [-0.1, -0.05) is 32.0 Å². The molecule has 0 unspecified atom stereocenters. The van der Waals surface area contributed by atoms with Crippen molar-refractivity contribution in [2.24, 2.45) is 16.7 Å². The highest BCUT2D eigenvalue weighted by atomic mass is 16.6. The van der Waals surface area contributed by atoms with Crippen LogP contribution in [0.2, 0.25) is 0 Å². The minimum absolute atomic E-state index is 0.0915. The number of benzene rings is 1. The molecule has 2 saturated carbocycles. The van der Waals surface area contributed by atoms with Gasteiger partial charge in [0.15, 0.2) is 17.5 Å². The van der Waals surface area contributed by atoms with Gasteiger partial charge in [-0.2, -0.15) is 0 Å². The highest BCUT2D eigenvalue weighted by Crippen LogP contribution is 2.64. The molecule has 3 aliphatic carbocycles. The number of hydrogen-bond donors (Lipinski definition) is 4. The topological polar surface area (TPSA) is 186 Å². The molecule has 5 rings (SSSR count). The number of carbonyl (C=O) groups is 4. The molecule has 12 heteroatoms. The van der Waals surface area contributed by atoms with Crippen LogP contribution in [0.3, 0.4) is 0 Å². The molecule has 4 aliphatic rings. The fourth-order valence-electron chi connectivity index (χ4n) is 8.16. The van der Waals surface area contributed by atoms with Gasteiger partial charge in [-0.05, 0) is 44.1 Å². The Kier molecular flexibility index (Phi) is 8.32. The minimum Gasteiger partial charge on any atom is -0.455 e. The second kappa shape index (κ2) is 11.3. The Labute approximate surface area is 261 Å². The molecular weight excluding hydrogens is 588 g/mol. The summed E-state index contributed by atoms with van der Waals surface area (Å²) in [5.41, 5.74) is -6.77. The minimum atomic E-state index is -2.17. The molecule has 1 saturated heterocycles. The average Bonchev–Trinajstić information content (AvgIpc) is 2.94. The second-order valence-corrected chi connectivity index (χ2v) is 13.7. The molecule has 0 aromatic heterocycles. The summed E-state index contributed by atoms with van der Waals surface area (Å²) in [6.45, 7) is 8.50. The lowest BCUT2D eigenvalue weighted by Gasteiger charge is -2.67. The lowest BCUT2D eigenvalue weighted by molar-refractivity contribution is -0.346. The van der Waals surface area contributed by atoms with Crippen molar-refractivity contribution in [2.75, 3.05) is 6.61 Å². The zero-order chi connectivity index (χ0) is 33.3. The van der Waals surface area contributed by atoms with Crippen molar-refractivity contribution in [1.29, 1.82) is 0 Å². The number of aliphatic hydroxyl groups excluding tert-OH is 3. The van der Waals surface area contributed by atoms with E-state index in [1.54, 1.807) is 39.0 Å². The van der Waals surface area contributed by atoms with Crippen molar-refractivity contribution in [3.8, 4) is 0 Å². The van der Waals surface area contributed by atoms with Gasteiger partial charge in [0, 0.05) is 25.2 Å². The number of fused-ring (bicyclic) bond motifs is 5. The monoisotopic (exact) mass is 630 g/mol. The quantitative estimate of drug-likeness (QED) is 0.201. The number of aliphatic hydroxyl groups is 4. The van der Waals surface area contributed by atoms with Crippen LogP contribution >= 0.6 is 0 Å². The molecule has 0 spiro atoms. The fourth-order valence-corrected chi connectivity index (χ4v) is 8.16. The van der Waals surface area contributed by atoms with Crippen molar-refractivity contribution in [3.05, 3.63) is 47.0 Å². The number of rotatable bonds is 6. The highest BCUT2D eigenvalue weighted by Gasteiger charge is 2.78. The molecule has 246 valence electrons. The van der Waals surface area contributed by atoms with E-state index in [9.17, 15) is 34.8 Å². The van der Waals surface area contributed by atoms with Gasteiger partial charge in [0.25, 0.3) is 0 Å². The molecule has 0 amide bonds. The molecule has 1 aromatic carbocycles. The van der Waals surface area contributed by atoms with E-state index in [0.29, 0.717) is 0 Å². The largest absolute Gasteiger partial charge is 0.455 e. The summed E-state index contributed by atoms with van der Waals surface area (Å²) in [5, 5.41) is 46.0. The molecule has 1 aliphatic heterocycles. The lowest BCUT2D eigenvalue weighted by atomic mass is 9.44. The molecular formula is C33H42O12. The number of ketones is 1. The Morgan fingerprint density at radius 3 is 2.29 bits per heavy atom. The van der Waals surface area contributed by atoms with Crippen LogP contribution in [0.4, 0.5) is 0 Å². The van der Waals surface area contributed by atoms with Gasteiger partial charge in [-0.15, -0.1) is 0 Å². The maximum atomic E-state index is 15.0. The molecule has 2 bridgehead atoms. The van der Waals surface area contributed by atoms with E-state index in [-0.39, 0.29) is 36.2 Å². The van der Waals surface area contributed by atoms with Crippen molar-refractivity contribution < 1.29 is 58.6 Å². The maximum absolute atomic E-state index is 15.0. The SMILES string of the molecule is CC(=O)O[C@@]12CO[C@@H]1C[C@H](O)[C@@]1(C)C(=O)[C@H](OC(=O)C[C@@H](C)O)C3=C(C)[C@@H](O)C[C@@](O)([C@@H](OC(=O)c4ccccc4)[C@H]21)C3(C)C. The summed E-state index contributed by atoms with van der Waals surface area (Å²) in [6.07, 6.45) is -9.20. The van der Waals surface area contributed by atoms with E-state index < -0.39 is 94.7 Å². The van der Waals surface area contributed by atoms with Gasteiger partial charge in [0.05, 0.1) is 48.2 Å². The third-order valence-corrected chi connectivity index (χ3v) is 10.6. The van der Waals surface area contributed by atoms with Crippen LogP contribution in [-0.2, 0) is 33.3 Å². The van der Waals surface area contributed by atoms with E-state index >= 15 is 4.79 Å². The van der Waals surface area contributed by atoms with Gasteiger partial charge < -0.3 is 39.4 Å². The van der Waals surface area contributed by atoms with Gasteiger partial charge in [0.1, 0.15) is 17.8 Å². The van der Waals surface area contributed by atoms with Crippen LogP contribution in [0.25, 0.3) is 0 Å². The second-order valence-electron chi connectivity index (χ2n) is 13.7. The lowest BCUT2D eigenvalue weighted by Crippen LogP contribution is -2.81. The van der Waals surface area contributed by atoms with Crippen LogP contribution in [0.15, 0.2) is 41.5 Å². The third-order valence-electron chi connectivity index (χ3n) is 10.6. The molecule has 10 atom stereocenters. The van der Waals surface area contributed by atoms with Crippen molar-refractivity contribution >= 4 is 23.7 Å². The number of esters is 3. The van der Waals surface area contributed by atoms with Crippen molar-refractivity contribution in [3.63, 3.8) is 0 Å².